The van der Waals surface area contributed by atoms with Crippen molar-refractivity contribution in [2.75, 3.05) is 0 Å². The summed E-state index contributed by atoms with van der Waals surface area (Å²) in [4.78, 5) is 35.1. The first-order chi connectivity index (χ1) is 14.5. The number of amides is 3. The normalized spacial score (nSPS) is 14.9. The fourth-order valence-corrected chi connectivity index (χ4v) is 3.34. The minimum atomic E-state index is -1.05. The molecule has 0 bridgehead atoms. The molecule has 158 valence electrons. The first-order valence-corrected chi connectivity index (χ1v) is 9.85. The van der Waals surface area contributed by atoms with Crippen molar-refractivity contribution in [3.63, 3.8) is 0 Å². The van der Waals surface area contributed by atoms with E-state index in [1.807, 2.05) is 0 Å². The first kappa shape index (κ1) is 21.1. The molecule has 30 heavy (non-hydrogen) atoms. The number of urea groups is 1. The summed E-state index contributed by atoms with van der Waals surface area (Å²) in [7, 11) is 0. The zero-order valence-electron chi connectivity index (χ0n) is 16.4. The van der Waals surface area contributed by atoms with Gasteiger partial charge in [-0.25, -0.2) is 10.2 Å². The van der Waals surface area contributed by atoms with Gasteiger partial charge in [0.25, 0.3) is 11.6 Å². The SMILES string of the molecule is O=C(NNC(=O)[C@H](Oc1ccc([N+](=O)[O-])cc1)c1ccccc1)NC1CCCCC1. The fraction of sp³-hybridized carbons (Fsp3) is 0.333. The minimum absolute atomic E-state index is 0.0795. The number of nitro groups is 1. The number of benzene rings is 2. The fourth-order valence-electron chi connectivity index (χ4n) is 3.34. The summed E-state index contributed by atoms with van der Waals surface area (Å²) < 4.78 is 5.77. The Kier molecular flexibility index (Phi) is 7.20. The molecule has 3 N–H and O–H groups in total. The number of nitrogens with one attached hydrogen (secondary N) is 3. The van der Waals surface area contributed by atoms with Crippen molar-refractivity contribution < 1.29 is 19.2 Å². The average molecular weight is 412 g/mol. The van der Waals surface area contributed by atoms with E-state index in [2.05, 4.69) is 16.2 Å². The Balaban J connectivity index is 1.63. The van der Waals surface area contributed by atoms with Crippen molar-refractivity contribution in [3.8, 4) is 5.75 Å². The maximum Gasteiger partial charge on any atom is 0.333 e. The molecule has 9 heteroatoms. The van der Waals surface area contributed by atoms with E-state index in [1.165, 1.54) is 30.7 Å². The summed E-state index contributed by atoms with van der Waals surface area (Å²) in [5.41, 5.74) is 5.25. The Morgan fingerprint density at radius 1 is 0.967 bits per heavy atom. The van der Waals surface area contributed by atoms with Gasteiger partial charge < -0.3 is 10.1 Å². The van der Waals surface area contributed by atoms with Gasteiger partial charge in [-0.3, -0.25) is 20.3 Å². The van der Waals surface area contributed by atoms with Gasteiger partial charge in [0.05, 0.1) is 4.92 Å². The van der Waals surface area contributed by atoms with E-state index in [0.29, 0.717) is 5.56 Å². The Bertz CT molecular complexity index is 867. The molecule has 9 nitrogen and oxygen atoms in total. The topological polar surface area (TPSA) is 123 Å². The highest BCUT2D eigenvalue weighted by atomic mass is 16.6. The lowest BCUT2D eigenvalue weighted by Crippen LogP contribution is -2.51. The number of carbonyl (C=O) groups excluding carboxylic acids is 2. The third-order valence-corrected chi connectivity index (χ3v) is 4.88. The largest absolute Gasteiger partial charge is 0.476 e. The molecule has 0 aliphatic heterocycles. The summed E-state index contributed by atoms with van der Waals surface area (Å²) in [6, 6.07) is 13.8. The summed E-state index contributed by atoms with van der Waals surface area (Å²) in [6.45, 7) is 0. The van der Waals surface area contributed by atoms with Gasteiger partial charge in [0.15, 0.2) is 0 Å². The molecule has 0 saturated heterocycles. The zero-order valence-corrected chi connectivity index (χ0v) is 16.4. The van der Waals surface area contributed by atoms with E-state index in [4.69, 9.17) is 4.74 Å². The van der Waals surface area contributed by atoms with E-state index >= 15 is 0 Å². The van der Waals surface area contributed by atoms with Crippen LogP contribution in [0, 0.1) is 10.1 Å². The van der Waals surface area contributed by atoms with Crippen LogP contribution in [0.5, 0.6) is 5.75 Å². The van der Waals surface area contributed by atoms with Gasteiger partial charge in [0.1, 0.15) is 5.75 Å². The van der Waals surface area contributed by atoms with E-state index in [-0.39, 0.29) is 17.5 Å². The molecule has 1 aliphatic carbocycles. The number of hydrogen-bond donors (Lipinski definition) is 3. The molecule has 1 atom stereocenters. The predicted octanol–water partition coefficient (Wildman–Crippen LogP) is 3.38. The highest BCUT2D eigenvalue weighted by molar-refractivity contribution is 5.85. The van der Waals surface area contributed by atoms with Gasteiger partial charge in [0, 0.05) is 23.7 Å². The Morgan fingerprint density at radius 2 is 1.63 bits per heavy atom. The number of non-ortho nitro benzene ring substituents is 1. The third-order valence-electron chi connectivity index (χ3n) is 4.88. The van der Waals surface area contributed by atoms with Crippen LogP contribution in [0.1, 0.15) is 43.8 Å². The van der Waals surface area contributed by atoms with Crippen molar-refractivity contribution in [2.45, 2.75) is 44.2 Å². The lowest BCUT2D eigenvalue weighted by molar-refractivity contribution is -0.384. The zero-order chi connectivity index (χ0) is 21.3. The van der Waals surface area contributed by atoms with Crippen molar-refractivity contribution in [1.82, 2.24) is 16.2 Å². The summed E-state index contributed by atoms with van der Waals surface area (Å²) >= 11 is 0. The maximum absolute atomic E-state index is 12.7. The molecule has 1 fully saturated rings. The van der Waals surface area contributed by atoms with Gasteiger partial charge in [0.2, 0.25) is 6.10 Å². The van der Waals surface area contributed by atoms with Crippen LogP contribution in [0.2, 0.25) is 0 Å². The first-order valence-electron chi connectivity index (χ1n) is 9.85. The van der Waals surface area contributed by atoms with Crippen molar-refractivity contribution in [2.24, 2.45) is 0 Å². The van der Waals surface area contributed by atoms with E-state index in [9.17, 15) is 19.7 Å². The highest BCUT2D eigenvalue weighted by Gasteiger charge is 2.24. The molecule has 0 aromatic heterocycles. The molecule has 0 unspecified atom stereocenters. The van der Waals surface area contributed by atoms with E-state index in [0.717, 1.165) is 25.7 Å². The lowest BCUT2D eigenvalue weighted by Gasteiger charge is -2.23. The van der Waals surface area contributed by atoms with Gasteiger partial charge in [-0.1, -0.05) is 49.6 Å². The smallest absolute Gasteiger partial charge is 0.333 e. The van der Waals surface area contributed by atoms with Crippen LogP contribution in [0.15, 0.2) is 54.6 Å². The molecule has 0 heterocycles. The van der Waals surface area contributed by atoms with Crippen LogP contribution in [0.3, 0.4) is 0 Å². The number of ether oxygens (including phenoxy) is 1. The van der Waals surface area contributed by atoms with Gasteiger partial charge in [-0.15, -0.1) is 0 Å². The molecule has 3 amide bonds. The molecular formula is C21H24N4O5. The number of hydrogen-bond acceptors (Lipinski definition) is 5. The molecule has 2 aromatic rings. The molecular weight excluding hydrogens is 388 g/mol. The van der Waals surface area contributed by atoms with Gasteiger partial charge in [-0.2, -0.15) is 0 Å². The quantitative estimate of drug-likeness (QED) is 0.496. The minimum Gasteiger partial charge on any atom is -0.476 e. The number of rotatable bonds is 6. The second-order valence-corrected chi connectivity index (χ2v) is 7.08. The van der Waals surface area contributed by atoms with Crippen molar-refractivity contribution in [1.29, 1.82) is 0 Å². The molecule has 1 saturated carbocycles. The van der Waals surface area contributed by atoms with Gasteiger partial charge in [-0.05, 0) is 25.0 Å². The monoisotopic (exact) mass is 412 g/mol. The summed E-state index contributed by atoms with van der Waals surface area (Å²) in [5, 5.41) is 13.7. The van der Waals surface area contributed by atoms with Crippen LogP contribution >= 0.6 is 0 Å². The van der Waals surface area contributed by atoms with Crippen molar-refractivity contribution in [3.05, 3.63) is 70.3 Å². The van der Waals surface area contributed by atoms with Crippen LogP contribution in [0.25, 0.3) is 0 Å². The predicted molar refractivity (Wildman–Crippen MR) is 110 cm³/mol. The molecule has 3 rings (SSSR count). The number of carbonyl (C=O) groups is 2. The van der Waals surface area contributed by atoms with Crippen molar-refractivity contribution >= 4 is 17.6 Å². The summed E-state index contributed by atoms with van der Waals surface area (Å²) in [5.74, 6) is -0.283. The van der Waals surface area contributed by atoms with Crippen LogP contribution in [0.4, 0.5) is 10.5 Å². The van der Waals surface area contributed by atoms with Gasteiger partial charge >= 0.3 is 6.03 Å². The third kappa shape index (κ3) is 5.94. The van der Waals surface area contributed by atoms with E-state index in [1.54, 1.807) is 30.3 Å². The molecule has 2 aromatic carbocycles. The number of hydrazine groups is 1. The molecule has 0 spiro atoms. The van der Waals surface area contributed by atoms with E-state index < -0.39 is 23.0 Å². The lowest BCUT2D eigenvalue weighted by atomic mass is 9.96. The standard InChI is InChI=1S/C21H24N4O5/c26-20(23-24-21(27)22-16-9-5-2-6-10-16)19(15-7-3-1-4-8-15)30-18-13-11-17(12-14-18)25(28)29/h1,3-4,7-8,11-14,16,19H,2,5-6,9-10H2,(H,23,26)(H2,22,24,27)/t19-/m1/s1. The Labute approximate surface area is 173 Å². The molecule has 1 aliphatic rings. The van der Waals surface area contributed by atoms with Crippen LogP contribution in [-0.4, -0.2) is 22.9 Å². The molecule has 0 radical (unpaired) electrons. The van der Waals surface area contributed by atoms with Crippen LogP contribution in [-0.2, 0) is 4.79 Å². The average Bonchev–Trinajstić information content (AvgIpc) is 2.77. The van der Waals surface area contributed by atoms with Crippen LogP contribution < -0.4 is 20.9 Å². The second kappa shape index (κ2) is 10.2. The maximum atomic E-state index is 12.7. The summed E-state index contributed by atoms with van der Waals surface area (Å²) in [6.07, 6.45) is 4.14. The second-order valence-electron chi connectivity index (χ2n) is 7.08. The Morgan fingerprint density at radius 3 is 2.27 bits per heavy atom. The number of nitrogens with zero attached hydrogens (tertiary/aromatic N) is 1. The number of nitro benzene ring substituents is 1. The Hall–Kier alpha value is -3.62. The highest BCUT2D eigenvalue weighted by Crippen LogP contribution is 2.24.